The Bertz CT molecular complexity index is 1270. The lowest BCUT2D eigenvalue weighted by Crippen LogP contribution is -2.34. The molecule has 0 saturated heterocycles. The number of aromatic nitrogens is 1. The molecule has 1 amide bonds. The molecule has 1 aromatic carbocycles. The van der Waals surface area contributed by atoms with Crippen LogP contribution in [0.5, 0.6) is 0 Å². The predicted molar refractivity (Wildman–Crippen MR) is 135 cm³/mol. The first kappa shape index (κ1) is 26.6. The van der Waals surface area contributed by atoms with E-state index in [-0.39, 0.29) is 47.4 Å². The molecule has 9 nitrogen and oxygen atoms in total. The van der Waals surface area contributed by atoms with Crippen molar-refractivity contribution in [2.24, 2.45) is 0 Å². The SMILES string of the molecule is C=CCOC(=O)/C(C#N)=c1\s/c(=C/Nc2cccc(NC(=O)CN(C)C(C)C)c2)c(=O)n1CC. The van der Waals surface area contributed by atoms with Crippen LogP contribution >= 0.6 is 11.3 Å². The summed E-state index contributed by atoms with van der Waals surface area (Å²) in [4.78, 5) is 39.2. The zero-order valence-electron chi connectivity index (χ0n) is 19.8. The number of nitrogens with zero attached hydrogens (tertiary/aromatic N) is 3. The second-order valence-electron chi connectivity index (χ2n) is 7.62. The topological polar surface area (TPSA) is 116 Å². The Morgan fingerprint density at radius 3 is 2.68 bits per heavy atom. The van der Waals surface area contributed by atoms with Gasteiger partial charge in [0.05, 0.1) is 6.54 Å². The Morgan fingerprint density at radius 2 is 2.06 bits per heavy atom. The molecule has 10 heteroatoms. The maximum atomic E-state index is 12.8. The molecule has 0 aliphatic rings. The number of esters is 1. The fourth-order valence-electron chi connectivity index (χ4n) is 2.83. The third kappa shape index (κ3) is 6.91. The highest BCUT2D eigenvalue weighted by molar-refractivity contribution is 7.07. The van der Waals surface area contributed by atoms with Gasteiger partial charge < -0.3 is 15.4 Å². The second kappa shape index (κ2) is 12.5. The maximum absolute atomic E-state index is 12.8. The van der Waals surface area contributed by atoms with Crippen molar-refractivity contribution < 1.29 is 14.3 Å². The average molecular weight is 484 g/mol. The van der Waals surface area contributed by atoms with Gasteiger partial charge in [-0.2, -0.15) is 5.26 Å². The molecule has 0 aliphatic carbocycles. The molecule has 0 radical (unpaired) electrons. The minimum Gasteiger partial charge on any atom is -0.457 e. The number of hydrogen-bond acceptors (Lipinski definition) is 8. The van der Waals surface area contributed by atoms with Crippen LogP contribution in [0.25, 0.3) is 11.8 Å². The summed E-state index contributed by atoms with van der Waals surface area (Å²) in [6.07, 6.45) is 2.91. The molecule has 0 bridgehead atoms. The summed E-state index contributed by atoms with van der Waals surface area (Å²) in [5.74, 6) is -0.939. The van der Waals surface area contributed by atoms with Gasteiger partial charge in [-0.1, -0.05) is 18.7 Å². The zero-order valence-corrected chi connectivity index (χ0v) is 20.6. The summed E-state index contributed by atoms with van der Waals surface area (Å²) >= 11 is 1.02. The van der Waals surface area contributed by atoms with Gasteiger partial charge in [0, 0.05) is 30.2 Å². The molecule has 2 N–H and O–H groups in total. The first-order chi connectivity index (χ1) is 16.2. The summed E-state index contributed by atoms with van der Waals surface area (Å²) in [5.41, 5.74) is 0.702. The normalized spacial score (nSPS) is 12.3. The van der Waals surface area contributed by atoms with Gasteiger partial charge in [0.2, 0.25) is 5.91 Å². The fourth-order valence-corrected chi connectivity index (χ4v) is 3.90. The van der Waals surface area contributed by atoms with Crippen molar-refractivity contribution in [3.8, 4) is 6.07 Å². The van der Waals surface area contributed by atoms with Gasteiger partial charge in [-0.15, -0.1) is 11.3 Å². The molecule has 2 aromatic rings. The Labute approximate surface area is 202 Å². The zero-order chi connectivity index (χ0) is 25.3. The summed E-state index contributed by atoms with van der Waals surface area (Å²) in [5, 5.41) is 15.4. The molecular formula is C24H29N5O4S. The van der Waals surface area contributed by atoms with Crippen LogP contribution in [0.1, 0.15) is 20.8 Å². The summed E-state index contributed by atoms with van der Waals surface area (Å²) in [6.45, 7) is 9.77. The molecule has 0 saturated carbocycles. The summed E-state index contributed by atoms with van der Waals surface area (Å²) in [7, 11) is 1.88. The van der Waals surface area contributed by atoms with E-state index in [1.54, 1.807) is 31.2 Å². The number of anilines is 2. The van der Waals surface area contributed by atoms with Crippen LogP contribution in [0, 0.1) is 11.3 Å². The number of carbonyl (C=O) groups excluding carboxylic acids is 2. The number of nitrogens with one attached hydrogen (secondary N) is 2. The van der Waals surface area contributed by atoms with E-state index in [4.69, 9.17) is 4.74 Å². The van der Waals surface area contributed by atoms with Crippen LogP contribution in [0.15, 0.2) is 41.7 Å². The molecule has 0 unspecified atom stereocenters. The lowest BCUT2D eigenvalue weighted by atomic mass is 10.2. The molecule has 0 fully saturated rings. The van der Waals surface area contributed by atoms with E-state index in [0.717, 1.165) is 11.3 Å². The monoisotopic (exact) mass is 483 g/mol. The lowest BCUT2D eigenvalue weighted by molar-refractivity contribution is -0.135. The van der Waals surface area contributed by atoms with Gasteiger partial charge in [-0.25, -0.2) is 4.79 Å². The predicted octanol–water partition coefficient (Wildman–Crippen LogP) is 1.46. The maximum Gasteiger partial charge on any atom is 0.352 e. The van der Waals surface area contributed by atoms with Crippen LogP contribution in [0.4, 0.5) is 11.4 Å². The number of carbonyl (C=O) groups is 2. The second-order valence-corrected chi connectivity index (χ2v) is 8.65. The van der Waals surface area contributed by atoms with Gasteiger partial charge in [0.25, 0.3) is 5.56 Å². The highest BCUT2D eigenvalue weighted by atomic mass is 32.1. The highest BCUT2D eigenvalue weighted by Gasteiger charge is 2.16. The quantitative estimate of drug-likeness (QED) is 0.388. The molecule has 0 aliphatic heterocycles. The number of amides is 1. The van der Waals surface area contributed by atoms with Crippen LogP contribution in [-0.4, -0.2) is 47.6 Å². The minimum absolute atomic E-state index is 0.0348. The molecule has 1 aromatic heterocycles. The Balaban J connectivity index is 2.32. The number of benzene rings is 1. The number of likely N-dealkylation sites (N-methyl/N-ethyl adjacent to an activating group) is 1. The molecule has 1 heterocycles. The standard InChI is InChI=1S/C24H29N5O4S/c1-6-11-33-24(32)19(13-25)23-29(7-2)22(31)20(34-23)14-26-17-9-8-10-18(12-17)27-21(30)15-28(5)16(3)4/h6,8-10,12,14,16,26H,1,7,11,15H2,2-5H3,(H,27,30)/b20-14+,23-19-. The van der Waals surface area contributed by atoms with Gasteiger partial charge >= 0.3 is 5.97 Å². The Kier molecular flexibility index (Phi) is 9.79. The summed E-state index contributed by atoms with van der Waals surface area (Å²) < 4.78 is 6.87. The van der Waals surface area contributed by atoms with Crippen molar-refractivity contribution in [2.45, 2.75) is 33.4 Å². The van der Waals surface area contributed by atoms with Crippen LogP contribution in [0.3, 0.4) is 0 Å². The number of hydrogen-bond donors (Lipinski definition) is 2. The van der Waals surface area contributed by atoms with Gasteiger partial charge in [0.15, 0.2) is 5.57 Å². The van der Waals surface area contributed by atoms with Gasteiger partial charge in [-0.05, 0) is 46.0 Å². The van der Waals surface area contributed by atoms with E-state index in [9.17, 15) is 19.6 Å². The highest BCUT2D eigenvalue weighted by Crippen LogP contribution is 2.15. The van der Waals surface area contributed by atoms with Crippen molar-refractivity contribution >= 4 is 46.4 Å². The van der Waals surface area contributed by atoms with E-state index in [0.29, 0.717) is 15.9 Å². The molecule has 34 heavy (non-hydrogen) atoms. The number of thiazole rings is 1. The summed E-state index contributed by atoms with van der Waals surface area (Å²) in [6, 6.07) is 9.18. The molecular weight excluding hydrogens is 454 g/mol. The van der Waals surface area contributed by atoms with Crippen molar-refractivity contribution in [1.29, 1.82) is 5.26 Å². The van der Waals surface area contributed by atoms with Crippen LogP contribution in [0.2, 0.25) is 0 Å². The third-order valence-electron chi connectivity index (χ3n) is 4.88. The molecule has 180 valence electrons. The average Bonchev–Trinajstić information content (AvgIpc) is 3.11. The minimum atomic E-state index is -0.808. The largest absolute Gasteiger partial charge is 0.457 e. The Morgan fingerprint density at radius 1 is 1.35 bits per heavy atom. The van der Waals surface area contributed by atoms with Crippen molar-refractivity contribution in [2.75, 3.05) is 30.8 Å². The number of ether oxygens (including phenoxy) is 1. The van der Waals surface area contributed by atoms with Crippen LogP contribution < -0.4 is 25.4 Å². The van der Waals surface area contributed by atoms with E-state index < -0.39 is 5.97 Å². The van der Waals surface area contributed by atoms with E-state index in [1.165, 1.54) is 16.8 Å². The Hall–Kier alpha value is -3.68. The fraction of sp³-hybridized carbons (Fsp3) is 0.333. The van der Waals surface area contributed by atoms with Crippen LogP contribution in [-0.2, 0) is 20.9 Å². The molecule has 2 rings (SSSR count). The van der Waals surface area contributed by atoms with Crippen molar-refractivity contribution in [3.63, 3.8) is 0 Å². The molecule has 0 atom stereocenters. The van der Waals surface area contributed by atoms with E-state index in [1.807, 2.05) is 31.9 Å². The van der Waals surface area contributed by atoms with Crippen molar-refractivity contribution in [3.05, 3.63) is 56.5 Å². The smallest absolute Gasteiger partial charge is 0.352 e. The molecule has 0 spiro atoms. The lowest BCUT2D eigenvalue weighted by Gasteiger charge is -2.20. The third-order valence-corrected chi connectivity index (χ3v) is 6.01. The van der Waals surface area contributed by atoms with E-state index >= 15 is 0 Å². The first-order valence-electron chi connectivity index (χ1n) is 10.7. The van der Waals surface area contributed by atoms with Gasteiger partial charge in [0.1, 0.15) is 21.9 Å². The first-order valence-corrected chi connectivity index (χ1v) is 11.5. The van der Waals surface area contributed by atoms with Gasteiger partial charge in [-0.3, -0.25) is 19.1 Å². The van der Waals surface area contributed by atoms with Crippen molar-refractivity contribution in [1.82, 2.24) is 9.47 Å². The number of rotatable bonds is 10. The van der Waals surface area contributed by atoms with E-state index in [2.05, 4.69) is 17.2 Å². The number of nitriles is 1.